The van der Waals surface area contributed by atoms with Crippen molar-refractivity contribution in [2.24, 2.45) is 11.8 Å². The molecule has 2 aliphatic carbocycles. The molecule has 2 fully saturated rings. The van der Waals surface area contributed by atoms with E-state index in [1.807, 2.05) is 10.9 Å². The lowest BCUT2D eigenvalue weighted by Gasteiger charge is -2.39. The molecule has 3 heteroatoms. The first-order valence-corrected chi connectivity index (χ1v) is 7.64. The highest BCUT2D eigenvalue weighted by molar-refractivity contribution is 5.39. The fraction of sp³-hybridized carbons (Fsp3) is 0.800. The molecule has 1 aromatic rings. The van der Waals surface area contributed by atoms with E-state index < -0.39 is 0 Å². The van der Waals surface area contributed by atoms with Crippen LogP contribution in [0.25, 0.3) is 0 Å². The van der Waals surface area contributed by atoms with Gasteiger partial charge in [0.25, 0.3) is 0 Å². The van der Waals surface area contributed by atoms with Crippen molar-refractivity contribution in [2.45, 2.75) is 64.5 Å². The predicted molar refractivity (Wildman–Crippen MR) is 74.6 cm³/mol. The lowest BCUT2D eigenvalue weighted by Crippen LogP contribution is -2.34. The van der Waals surface area contributed by atoms with E-state index in [2.05, 4.69) is 23.5 Å². The zero-order chi connectivity index (χ0) is 12.4. The van der Waals surface area contributed by atoms with Crippen molar-refractivity contribution < 1.29 is 0 Å². The second-order valence-corrected chi connectivity index (χ2v) is 6.04. The summed E-state index contributed by atoms with van der Waals surface area (Å²) in [6.07, 6.45) is 14.2. The van der Waals surface area contributed by atoms with Crippen molar-refractivity contribution in [1.82, 2.24) is 9.78 Å². The van der Waals surface area contributed by atoms with Crippen molar-refractivity contribution in [2.75, 3.05) is 5.32 Å². The van der Waals surface area contributed by atoms with Gasteiger partial charge in [-0.2, -0.15) is 5.10 Å². The Morgan fingerprint density at radius 3 is 2.83 bits per heavy atom. The van der Waals surface area contributed by atoms with Gasteiger partial charge in [0.05, 0.1) is 11.9 Å². The van der Waals surface area contributed by atoms with E-state index in [9.17, 15) is 0 Å². The molecule has 2 aliphatic rings. The third kappa shape index (κ3) is 2.55. The molecule has 0 aromatic carbocycles. The molecule has 3 rings (SSSR count). The summed E-state index contributed by atoms with van der Waals surface area (Å²) in [6.45, 7) is 3.08. The summed E-state index contributed by atoms with van der Waals surface area (Å²) in [6, 6.07) is 0.679. The van der Waals surface area contributed by atoms with Gasteiger partial charge in [-0.25, -0.2) is 0 Å². The number of nitrogens with zero attached hydrogens (tertiary/aromatic N) is 2. The molecular formula is C15H25N3. The Bertz CT molecular complexity index is 385. The standard InChI is InChI=1S/C15H25N3/c1-2-18-11-15(10-16-18)17-14-8-7-12-5-3-4-6-13(12)9-14/h10-14,17H,2-9H2,1H3. The van der Waals surface area contributed by atoms with Crippen LogP contribution in [0.5, 0.6) is 0 Å². The number of rotatable bonds is 3. The maximum atomic E-state index is 4.34. The van der Waals surface area contributed by atoms with Crippen LogP contribution in [0.15, 0.2) is 12.4 Å². The Hall–Kier alpha value is -0.990. The highest BCUT2D eigenvalue weighted by Gasteiger charge is 2.32. The smallest absolute Gasteiger partial charge is 0.0728 e. The van der Waals surface area contributed by atoms with Gasteiger partial charge in [0, 0.05) is 18.8 Å². The van der Waals surface area contributed by atoms with Crippen molar-refractivity contribution in [3.8, 4) is 0 Å². The number of aryl methyl sites for hydroxylation is 1. The highest BCUT2D eigenvalue weighted by Crippen LogP contribution is 2.41. The molecule has 0 aliphatic heterocycles. The van der Waals surface area contributed by atoms with E-state index in [0.717, 1.165) is 18.4 Å². The van der Waals surface area contributed by atoms with Crippen LogP contribution < -0.4 is 5.32 Å². The molecule has 2 saturated carbocycles. The molecule has 18 heavy (non-hydrogen) atoms. The molecule has 1 N–H and O–H groups in total. The van der Waals surface area contributed by atoms with Gasteiger partial charge in [-0.15, -0.1) is 0 Å². The summed E-state index contributed by atoms with van der Waals surface area (Å²) in [5, 5.41) is 8.02. The molecular weight excluding hydrogens is 222 g/mol. The molecule has 3 nitrogen and oxygen atoms in total. The SMILES string of the molecule is CCn1cc(NC2CCC3CCCCC3C2)cn1. The molecule has 3 unspecified atom stereocenters. The topological polar surface area (TPSA) is 29.9 Å². The fourth-order valence-corrected chi connectivity index (χ4v) is 3.85. The van der Waals surface area contributed by atoms with Crippen LogP contribution in [0.3, 0.4) is 0 Å². The maximum absolute atomic E-state index is 4.34. The number of fused-ring (bicyclic) bond motifs is 1. The van der Waals surface area contributed by atoms with Gasteiger partial charge < -0.3 is 5.32 Å². The normalized spacial score (nSPS) is 31.9. The number of nitrogens with one attached hydrogen (secondary N) is 1. The van der Waals surface area contributed by atoms with E-state index in [0.29, 0.717) is 6.04 Å². The minimum Gasteiger partial charge on any atom is -0.380 e. The van der Waals surface area contributed by atoms with Crippen LogP contribution in [0.2, 0.25) is 0 Å². The summed E-state index contributed by atoms with van der Waals surface area (Å²) in [5.41, 5.74) is 1.20. The van der Waals surface area contributed by atoms with Gasteiger partial charge >= 0.3 is 0 Å². The quantitative estimate of drug-likeness (QED) is 0.883. The molecule has 1 aromatic heterocycles. The average molecular weight is 247 g/mol. The van der Waals surface area contributed by atoms with Crippen LogP contribution in [0.4, 0.5) is 5.69 Å². The molecule has 0 saturated heterocycles. The van der Waals surface area contributed by atoms with E-state index in [1.54, 1.807) is 0 Å². The van der Waals surface area contributed by atoms with Crippen molar-refractivity contribution in [3.63, 3.8) is 0 Å². The Kier molecular flexibility index (Phi) is 3.57. The summed E-state index contributed by atoms with van der Waals surface area (Å²) < 4.78 is 1.99. The monoisotopic (exact) mass is 247 g/mol. The summed E-state index contributed by atoms with van der Waals surface area (Å²) in [4.78, 5) is 0. The Balaban J connectivity index is 1.57. The fourth-order valence-electron chi connectivity index (χ4n) is 3.85. The van der Waals surface area contributed by atoms with Crippen molar-refractivity contribution >= 4 is 5.69 Å². The third-order valence-electron chi connectivity index (χ3n) is 4.87. The van der Waals surface area contributed by atoms with E-state index in [1.165, 1.54) is 50.6 Å². The second kappa shape index (κ2) is 5.33. The number of anilines is 1. The first kappa shape index (κ1) is 12.1. The molecule has 3 atom stereocenters. The first-order chi connectivity index (χ1) is 8.85. The van der Waals surface area contributed by atoms with Crippen LogP contribution in [-0.2, 0) is 6.54 Å². The molecule has 100 valence electrons. The van der Waals surface area contributed by atoms with E-state index in [4.69, 9.17) is 0 Å². The van der Waals surface area contributed by atoms with Crippen LogP contribution in [0, 0.1) is 11.8 Å². The van der Waals surface area contributed by atoms with Crippen LogP contribution in [0.1, 0.15) is 51.9 Å². The second-order valence-electron chi connectivity index (χ2n) is 6.04. The third-order valence-corrected chi connectivity index (χ3v) is 4.87. The molecule has 0 bridgehead atoms. The number of hydrogen-bond donors (Lipinski definition) is 1. The minimum absolute atomic E-state index is 0.679. The lowest BCUT2D eigenvalue weighted by atomic mass is 9.69. The zero-order valence-corrected chi connectivity index (χ0v) is 11.4. The average Bonchev–Trinajstić information content (AvgIpc) is 2.86. The highest BCUT2D eigenvalue weighted by atomic mass is 15.3. The maximum Gasteiger partial charge on any atom is 0.0728 e. The Labute approximate surface area is 110 Å². The van der Waals surface area contributed by atoms with Gasteiger partial charge in [0.15, 0.2) is 0 Å². The summed E-state index contributed by atoms with van der Waals surface area (Å²) >= 11 is 0. The van der Waals surface area contributed by atoms with Crippen LogP contribution >= 0.6 is 0 Å². The summed E-state index contributed by atoms with van der Waals surface area (Å²) in [7, 11) is 0. The minimum atomic E-state index is 0.679. The Morgan fingerprint density at radius 1 is 1.22 bits per heavy atom. The van der Waals surface area contributed by atoms with Crippen molar-refractivity contribution in [1.29, 1.82) is 0 Å². The van der Waals surface area contributed by atoms with Gasteiger partial charge in [0.1, 0.15) is 0 Å². The molecule has 0 radical (unpaired) electrons. The molecule has 0 spiro atoms. The van der Waals surface area contributed by atoms with Crippen molar-refractivity contribution in [3.05, 3.63) is 12.4 Å². The molecule has 0 amide bonds. The largest absolute Gasteiger partial charge is 0.380 e. The van der Waals surface area contributed by atoms with E-state index in [-0.39, 0.29) is 0 Å². The Morgan fingerprint density at radius 2 is 2.06 bits per heavy atom. The summed E-state index contributed by atoms with van der Waals surface area (Å²) in [5.74, 6) is 2.03. The van der Waals surface area contributed by atoms with Crippen LogP contribution in [-0.4, -0.2) is 15.8 Å². The number of aromatic nitrogens is 2. The first-order valence-electron chi connectivity index (χ1n) is 7.64. The van der Waals surface area contributed by atoms with E-state index >= 15 is 0 Å². The van der Waals surface area contributed by atoms with Gasteiger partial charge in [-0.1, -0.05) is 25.7 Å². The van der Waals surface area contributed by atoms with Gasteiger partial charge in [-0.05, 0) is 38.0 Å². The van der Waals surface area contributed by atoms with Gasteiger partial charge in [-0.3, -0.25) is 4.68 Å². The molecule has 1 heterocycles. The predicted octanol–water partition coefficient (Wildman–Crippen LogP) is 3.67. The number of hydrogen-bond acceptors (Lipinski definition) is 2. The van der Waals surface area contributed by atoms with Gasteiger partial charge in [0.2, 0.25) is 0 Å². The lowest BCUT2D eigenvalue weighted by molar-refractivity contribution is 0.162. The zero-order valence-electron chi connectivity index (χ0n) is 11.4.